The van der Waals surface area contributed by atoms with Crippen LogP contribution in [0.2, 0.25) is 5.02 Å². The first-order chi connectivity index (χ1) is 9.68. The number of H-pyrrole nitrogens is 1. The van der Waals surface area contributed by atoms with Crippen LogP contribution >= 0.6 is 11.6 Å². The highest BCUT2D eigenvalue weighted by Crippen LogP contribution is 2.24. The van der Waals surface area contributed by atoms with Gasteiger partial charge in [-0.15, -0.1) is 0 Å². The summed E-state index contributed by atoms with van der Waals surface area (Å²) >= 11 is 6.03. The van der Waals surface area contributed by atoms with E-state index >= 15 is 0 Å². The van der Waals surface area contributed by atoms with Crippen molar-refractivity contribution in [1.29, 1.82) is 0 Å². The first-order valence-corrected chi connectivity index (χ1v) is 7.01. The number of carbonyl (C=O) groups is 2. The van der Waals surface area contributed by atoms with Crippen molar-refractivity contribution in [3.05, 3.63) is 29.0 Å². The summed E-state index contributed by atoms with van der Waals surface area (Å²) in [5.74, 6) is -0.972. The minimum absolute atomic E-state index is 0.290. The Morgan fingerprint density at radius 2 is 2.00 bits per heavy atom. The van der Waals surface area contributed by atoms with Crippen LogP contribution in [0.1, 0.15) is 29.6 Å². The number of nitrogens with zero attached hydrogens (tertiary/aromatic N) is 2. The summed E-state index contributed by atoms with van der Waals surface area (Å²) < 4.78 is 0. The van der Waals surface area contributed by atoms with Gasteiger partial charge in [0.15, 0.2) is 0 Å². The fourth-order valence-corrected chi connectivity index (χ4v) is 2.72. The normalized spacial score (nSPS) is 15.6. The zero-order chi connectivity index (χ0) is 14.1. The Hall–Kier alpha value is -1.88. The molecule has 0 atom stereocenters. The molecule has 1 aliphatic rings. The van der Waals surface area contributed by atoms with Crippen LogP contribution in [0, 0.1) is 0 Å². The highest BCUT2D eigenvalue weighted by atomic mass is 35.5. The molecule has 1 aliphatic heterocycles. The molecule has 3 heterocycles. The number of nitrogens with one attached hydrogen (secondary N) is 1. The lowest BCUT2D eigenvalue weighted by Gasteiger charge is -2.25. The van der Waals surface area contributed by atoms with E-state index < -0.39 is 11.7 Å². The number of aromatic amines is 1. The first-order valence-electron chi connectivity index (χ1n) is 6.63. The first kappa shape index (κ1) is 13.1. The maximum absolute atomic E-state index is 12.3. The number of rotatable bonds is 2. The van der Waals surface area contributed by atoms with Gasteiger partial charge in [0.25, 0.3) is 11.7 Å². The van der Waals surface area contributed by atoms with Crippen LogP contribution < -0.4 is 0 Å². The van der Waals surface area contributed by atoms with Crippen LogP contribution in [0.25, 0.3) is 11.0 Å². The van der Waals surface area contributed by atoms with Gasteiger partial charge in [0.2, 0.25) is 0 Å². The molecule has 20 heavy (non-hydrogen) atoms. The van der Waals surface area contributed by atoms with Crippen LogP contribution in [-0.4, -0.2) is 39.6 Å². The van der Waals surface area contributed by atoms with E-state index in [0.29, 0.717) is 29.1 Å². The molecule has 0 unspecified atom stereocenters. The second kappa shape index (κ2) is 5.25. The lowest BCUT2D eigenvalue weighted by atomic mass is 10.1. The van der Waals surface area contributed by atoms with Gasteiger partial charge in [-0.2, -0.15) is 0 Å². The number of aromatic nitrogens is 2. The van der Waals surface area contributed by atoms with Crippen molar-refractivity contribution in [3.63, 3.8) is 0 Å². The van der Waals surface area contributed by atoms with Crippen LogP contribution in [0.3, 0.4) is 0 Å². The number of hydrogen-bond donors (Lipinski definition) is 1. The van der Waals surface area contributed by atoms with Gasteiger partial charge in [0.1, 0.15) is 5.52 Å². The Bertz CT molecular complexity index is 674. The molecule has 1 amide bonds. The predicted molar refractivity (Wildman–Crippen MR) is 75.9 cm³/mol. The molecule has 6 heteroatoms. The van der Waals surface area contributed by atoms with Gasteiger partial charge in [0.05, 0.1) is 16.1 Å². The van der Waals surface area contributed by atoms with Crippen molar-refractivity contribution in [2.24, 2.45) is 0 Å². The van der Waals surface area contributed by atoms with Crippen molar-refractivity contribution >= 4 is 34.3 Å². The molecular formula is C14H14ClN3O2. The highest BCUT2D eigenvalue weighted by molar-refractivity contribution is 6.45. The summed E-state index contributed by atoms with van der Waals surface area (Å²) in [4.78, 5) is 33.2. The van der Waals surface area contributed by atoms with Crippen molar-refractivity contribution in [3.8, 4) is 0 Å². The van der Waals surface area contributed by atoms with Gasteiger partial charge in [-0.05, 0) is 25.3 Å². The third-order valence-corrected chi connectivity index (χ3v) is 3.91. The number of fused-ring (bicyclic) bond motifs is 1. The summed E-state index contributed by atoms with van der Waals surface area (Å²) in [5, 5.41) is 0.486. The number of likely N-dealkylation sites (tertiary alicyclic amines) is 1. The number of amides is 1. The topological polar surface area (TPSA) is 66.1 Å². The van der Waals surface area contributed by atoms with Gasteiger partial charge in [-0.3, -0.25) is 14.6 Å². The molecule has 104 valence electrons. The molecule has 0 spiro atoms. The maximum Gasteiger partial charge on any atom is 0.295 e. The van der Waals surface area contributed by atoms with Crippen molar-refractivity contribution < 1.29 is 9.59 Å². The van der Waals surface area contributed by atoms with Gasteiger partial charge >= 0.3 is 0 Å². The average Bonchev–Trinajstić information content (AvgIpc) is 2.92. The number of hydrogen-bond acceptors (Lipinski definition) is 3. The number of carbonyl (C=O) groups excluding carboxylic acids is 2. The smallest absolute Gasteiger partial charge is 0.295 e. The Balaban J connectivity index is 1.92. The molecule has 3 rings (SSSR count). The monoisotopic (exact) mass is 291 g/mol. The van der Waals surface area contributed by atoms with Gasteiger partial charge in [-0.25, -0.2) is 0 Å². The van der Waals surface area contributed by atoms with E-state index in [2.05, 4.69) is 9.97 Å². The van der Waals surface area contributed by atoms with Crippen LogP contribution in [0.4, 0.5) is 0 Å². The molecule has 1 N–H and O–H groups in total. The Kier molecular flexibility index (Phi) is 3.44. The lowest BCUT2D eigenvalue weighted by Crippen LogP contribution is -2.40. The van der Waals surface area contributed by atoms with E-state index in [9.17, 15) is 9.59 Å². The summed E-state index contributed by atoms with van der Waals surface area (Å²) in [6, 6.07) is 1.64. The van der Waals surface area contributed by atoms with Gasteiger partial charge in [-0.1, -0.05) is 11.6 Å². The maximum atomic E-state index is 12.3. The molecule has 0 saturated carbocycles. The molecule has 5 nitrogen and oxygen atoms in total. The predicted octanol–water partition coefficient (Wildman–Crippen LogP) is 2.41. The van der Waals surface area contributed by atoms with Crippen molar-refractivity contribution in [2.45, 2.75) is 19.3 Å². The lowest BCUT2D eigenvalue weighted by molar-refractivity contribution is -0.127. The van der Waals surface area contributed by atoms with Crippen LogP contribution in [0.5, 0.6) is 0 Å². The molecule has 0 radical (unpaired) electrons. The number of ketones is 1. The van der Waals surface area contributed by atoms with E-state index in [1.165, 1.54) is 12.4 Å². The second-order valence-electron chi connectivity index (χ2n) is 4.90. The molecule has 2 aromatic rings. The second-order valence-corrected chi connectivity index (χ2v) is 5.31. The van der Waals surface area contributed by atoms with E-state index in [0.717, 1.165) is 19.3 Å². The minimum Gasteiger partial charge on any atom is -0.358 e. The number of piperidine rings is 1. The third kappa shape index (κ3) is 2.18. The van der Waals surface area contributed by atoms with E-state index in [-0.39, 0.29) is 5.56 Å². The van der Waals surface area contributed by atoms with Crippen LogP contribution in [-0.2, 0) is 4.79 Å². The van der Waals surface area contributed by atoms with E-state index in [4.69, 9.17) is 11.6 Å². The summed E-state index contributed by atoms with van der Waals surface area (Å²) in [6.45, 7) is 1.31. The Morgan fingerprint density at radius 3 is 2.75 bits per heavy atom. The summed E-state index contributed by atoms with van der Waals surface area (Å²) in [6.07, 6.45) is 6.06. The number of halogens is 1. The quantitative estimate of drug-likeness (QED) is 0.682. The zero-order valence-corrected chi connectivity index (χ0v) is 11.6. The Labute approximate surface area is 120 Å². The molecule has 0 aromatic carbocycles. The highest BCUT2D eigenvalue weighted by Gasteiger charge is 2.27. The molecule has 1 fully saturated rings. The van der Waals surface area contributed by atoms with Crippen molar-refractivity contribution in [1.82, 2.24) is 14.9 Å². The third-order valence-electron chi connectivity index (χ3n) is 3.60. The van der Waals surface area contributed by atoms with Gasteiger partial charge < -0.3 is 9.88 Å². The average molecular weight is 292 g/mol. The minimum atomic E-state index is -0.520. The molecule has 2 aromatic heterocycles. The fourth-order valence-electron chi connectivity index (χ4n) is 2.52. The molecule has 1 saturated heterocycles. The zero-order valence-electron chi connectivity index (χ0n) is 10.9. The molecule has 0 aliphatic carbocycles. The largest absolute Gasteiger partial charge is 0.358 e. The van der Waals surface area contributed by atoms with E-state index in [1.54, 1.807) is 11.0 Å². The summed E-state index contributed by atoms with van der Waals surface area (Å²) in [7, 11) is 0. The Morgan fingerprint density at radius 1 is 1.25 bits per heavy atom. The van der Waals surface area contributed by atoms with Gasteiger partial charge in [0, 0.05) is 25.5 Å². The SMILES string of the molecule is O=C(C(=O)N1CCCCC1)c1c[nH]c2c(Cl)ccnc12. The number of pyridine rings is 1. The fraction of sp³-hybridized carbons (Fsp3) is 0.357. The van der Waals surface area contributed by atoms with Crippen LogP contribution in [0.15, 0.2) is 18.5 Å². The molecule has 0 bridgehead atoms. The van der Waals surface area contributed by atoms with E-state index in [1.807, 2.05) is 0 Å². The number of Topliss-reactive ketones (excluding diaryl/α,β-unsaturated/α-hetero) is 1. The molecular weight excluding hydrogens is 278 g/mol. The standard InChI is InChI=1S/C14H14ClN3O2/c15-10-4-5-16-11-9(8-17-12(10)11)13(19)14(20)18-6-2-1-3-7-18/h4-5,8,17H,1-3,6-7H2. The summed E-state index contributed by atoms with van der Waals surface area (Å²) in [5.41, 5.74) is 1.33. The van der Waals surface area contributed by atoms with Crippen molar-refractivity contribution in [2.75, 3.05) is 13.1 Å².